The van der Waals surface area contributed by atoms with E-state index in [2.05, 4.69) is 32.7 Å². The molecule has 1 aliphatic heterocycles. The van der Waals surface area contributed by atoms with Crippen LogP contribution in [0.15, 0.2) is 42.6 Å². The van der Waals surface area contributed by atoms with Crippen molar-refractivity contribution in [2.24, 2.45) is 0 Å². The molecule has 0 atom stereocenters. The van der Waals surface area contributed by atoms with Gasteiger partial charge in [-0.3, -0.25) is 4.98 Å². The summed E-state index contributed by atoms with van der Waals surface area (Å²) in [6.07, 6.45) is 2.52. The van der Waals surface area contributed by atoms with E-state index in [1.54, 1.807) is 17.4 Å². The highest BCUT2D eigenvalue weighted by molar-refractivity contribution is 7.89. The Balaban J connectivity index is 1.43. The fourth-order valence-corrected chi connectivity index (χ4v) is 4.58. The van der Waals surface area contributed by atoms with E-state index in [-0.39, 0.29) is 11.8 Å². The first-order valence-corrected chi connectivity index (χ1v) is 12.2. The molecule has 0 bridgehead atoms. The number of nitrogens with one attached hydrogen (secondary N) is 2. The molecule has 0 radical (unpaired) electrons. The van der Waals surface area contributed by atoms with Gasteiger partial charge in [-0.2, -0.15) is 4.31 Å². The molecule has 0 saturated carbocycles. The second kappa shape index (κ2) is 10.7. The number of rotatable bonds is 8. The standard InChI is InChI=1S/C22H31N5O3S/c1-3-31(29,30)27-13-11-26(12-14-27)10-9-19-5-4-6-20(15-19)16-24-22(28)25-21-8-7-18(2)23-17-21/h4-8,15,17H,3,9-14,16H2,1-2H3,(H2,24,25,28). The molecule has 1 saturated heterocycles. The lowest BCUT2D eigenvalue weighted by Gasteiger charge is -2.33. The van der Waals surface area contributed by atoms with Crippen LogP contribution >= 0.6 is 0 Å². The number of amides is 2. The second-order valence-electron chi connectivity index (χ2n) is 7.71. The number of anilines is 1. The molecule has 2 N–H and O–H groups in total. The molecule has 0 aliphatic carbocycles. The number of urea groups is 1. The van der Waals surface area contributed by atoms with Crippen molar-refractivity contribution in [2.75, 3.05) is 43.8 Å². The third kappa shape index (κ3) is 7.02. The summed E-state index contributed by atoms with van der Waals surface area (Å²) in [5.41, 5.74) is 3.79. The van der Waals surface area contributed by atoms with Gasteiger partial charge in [-0.1, -0.05) is 24.3 Å². The molecule has 0 unspecified atom stereocenters. The minimum atomic E-state index is -3.09. The van der Waals surface area contributed by atoms with Gasteiger partial charge in [0.15, 0.2) is 0 Å². The highest BCUT2D eigenvalue weighted by Crippen LogP contribution is 2.11. The van der Waals surface area contributed by atoms with Crippen molar-refractivity contribution in [3.05, 3.63) is 59.4 Å². The van der Waals surface area contributed by atoms with E-state index in [0.717, 1.165) is 37.3 Å². The van der Waals surface area contributed by atoms with Gasteiger partial charge in [0, 0.05) is 45.0 Å². The lowest BCUT2D eigenvalue weighted by molar-refractivity contribution is 0.190. The van der Waals surface area contributed by atoms with Gasteiger partial charge in [0.25, 0.3) is 0 Å². The Morgan fingerprint density at radius 3 is 2.52 bits per heavy atom. The van der Waals surface area contributed by atoms with E-state index >= 15 is 0 Å². The molecule has 31 heavy (non-hydrogen) atoms. The number of hydrogen-bond acceptors (Lipinski definition) is 5. The zero-order valence-electron chi connectivity index (χ0n) is 18.2. The van der Waals surface area contributed by atoms with E-state index in [0.29, 0.717) is 25.3 Å². The van der Waals surface area contributed by atoms with Gasteiger partial charge >= 0.3 is 6.03 Å². The van der Waals surface area contributed by atoms with E-state index in [1.807, 2.05) is 31.2 Å². The van der Waals surface area contributed by atoms with E-state index in [4.69, 9.17) is 0 Å². The normalized spacial score (nSPS) is 15.5. The number of hydrogen-bond donors (Lipinski definition) is 2. The van der Waals surface area contributed by atoms with Crippen LogP contribution in [0.25, 0.3) is 0 Å². The van der Waals surface area contributed by atoms with Crippen LogP contribution in [0, 0.1) is 6.92 Å². The molecule has 168 valence electrons. The minimum absolute atomic E-state index is 0.160. The summed E-state index contributed by atoms with van der Waals surface area (Å²) in [5, 5.41) is 5.64. The van der Waals surface area contributed by atoms with Crippen molar-refractivity contribution in [3.63, 3.8) is 0 Å². The van der Waals surface area contributed by atoms with Gasteiger partial charge in [-0.05, 0) is 43.5 Å². The fourth-order valence-electron chi connectivity index (χ4n) is 3.50. The number of nitrogens with zero attached hydrogens (tertiary/aromatic N) is 3. The van der Waals surface area contributed by atoms with Crippen molar-refractivity contribution >= 4 is 21.7 Å². The van der Waals surface area contributed by atoms with Crippen LogP contribution in [0.1, 0.15) is 23.7 Å². The maximum absolute atomic E-state index is 12.1. The molecule has 2 amide bonds. The highest BCUT2D eigenvalue weighted by atomic mass is 32.2. The Bertz CT molecular complexity index is 971. The molecular weight excluding hydrogens is 414 g/mol. The van der Waals surface area contributed by atoms with Crippen LogP contribution in [0.4, 0.5) is 10.5 Å². The SMILES string of the molecule is CCS(=O)(=O)N1CCN(CCc2cccc(CNC(=O)Nc3ccc(C)nc3)c2)CC1. The summed E-state index contributed by atoms with van der Waals surface area (Å²) in [6, 6.07) is 11.6. The molecule has 0 spiro atoms. The third-order valence-electron chi connectivity index (χ3n) is 5.42. The van der Waals surface area contributed by atoms with Crippen LogP contribution < -0.4 is 10.6 Å². The average Bonchev–Trinajstić information content (AvgIpc) is 2.78. The number of pyridine rings is 1. The van der Waals surface area contributed by atoms with Gasteiger partial charge in [-0.15, -0.1) is 0 Å². The molecule has 1 aliphatic rings. The van der Waals surface area contributed by atoms with Crippen LogP contribution in [-0.4, -0.2) is 67.1 Å². The molecular formula is C22H31N5O3S. The summed E-state index contributed by atoms with van der Waals surface area (Å²) in [7, 11) is -3.09. The Labute approximate surface area is 184 Å². The van der Waals surface area contributed by atoms with Crippen molar-refractivity contribution < 1.29 is 13.2 Å². The monoisotopic (exact) mass is 445 g/mol. The molecule has 8 nitrogen and oxygen atoms in total. The first-order chi connectivity index (χ1) is 14.9. The predicted molar refractivity (Wildman–Crippen MR) is 122 cm³/mol. The Morgan fingerprint density at radius 2 is 1.84 bits per heavy atom. The molecule has 1 fully saturated rings. The van der Waals surface area contributed by atoms with Gasteiger partial charge in [0.1, 0.15) is 0 Å². The number of carbonyl (C=O) groups excluding carboxylic acids is 1. The number of piperazine rings is 1. The molecule has 3 rings (SSSR count). The number of aryl methyl sites for hydroxylation is 1. The summed E-state index contributed by atoms with van der Waals surface area (Å²) < 4.78 is 25.5. The van der Waals surface area contributed by atoms with Gasteiger partial charge in [0.2, 0.25) is 10.0 Å². The number of aromatic nitrogens is 1. The van der Waals surface area contributed by atoms with E-state index < -0.39 is 10.0 Å². The van der Waals surface area contributed by atoms with Gasteiger partial charge < -0.3 is 15.5 Å². The van der Waals surface area contributed by atoms with Crippen LogP contribution in [0.2, 0.25) is 0 Å². The number of benzene rings is 1. The highest BCUT2D eigenvalue weighted by Gasteiger charge is 2.25. The van der Waals surface area contributed by atoms with E-state index in [9.17, 15) is 13.2 Å². The van der Waals surface area contributed by atoms with Crippen molar-refractivity contribution in [1.82, 2.24) is 19.5 Å². The fraction of sp³-hybridized carbons (Fsp3) is 0.455. The number of carbonyl (C=O) groups is 1. The molecule has 2 aromatic rings. The molecule has 9 heteroatoms. The Hall–Kier alpha value is -2.49. The predicted octanol–water partition coefficient (Wildman–Crippen LogP) is 2.22. The topological polar surface area (TPSA) is 94.6 Å². The van der Waals surface area contributed by atoms with Crippen molar-refractivity contribution in [2.45, 2.75) is 26.8 Å². The lowest BCUT2D eigenvalue weighted by atomic mass is 10.1. The zero-order valence-corrected chi connectivity index (χ0v) is 19.0. The second-order valence-corrected chi connectivity index (χ2v) is 9.96. The first-order valence-electron chi connectivity index (χ1n) is 10.6. The van der Waals surface area contributed by atoms with Gasteiger partial charge in [-0.25, -0.2) is 13.2 Å². The Kier molecular flexibility index (Phi) is 8.00. The van der Waals surface area contributed by atoms with E-state index in [1.165, 1.54) is 5.56 Å². The maximum Gasteiger partial charge on any atom is 0.319 e. The summed E-state index contributed by atoms with van der Waals surface area (Å²) in [6.45, 7) is 7.55. The Morgan fingerprint density at radius 1 is 1.10 bits per heavy atom. The van der Waals surface area contributed by atoms with Gasteiger partial charge in [0.05, 0.1) is 17.6 Å². The number of sulfonamides is 1. The van der Waals surface area contributed by atoms with Crippen molar-refractivity contribution in [1.29, 1.82) is 0 Å². The summed E-state index contributed by atoms with van der Waals surface area (Å²) >= 11 is 0. The van der Waals surface area contributed by atoms with Crippen LogP contribution in [-0.2, 0) is 23.0 Å². The average molecular weight is 446 g/mol. The summed E-state index contributed by atoms with van der Waals surface area (Å²) in [4.78, 5) is 18.6. The third-order valence-corrected chi connectivity index (χ3v) is 7.30. The first kappa shape index (κ1) is 23.2. The molecule has 1 aromatic heterocycles. The maximum atomic E-state index is 12.1. The summed E-state index contributed by atoms with van der Waals surface area (Å²) in [5.74, 6) is 0.160. The largest absolute Gasteiger partial charge is 0.334 e. The smallest absolute Gasteiger partial charge is 0.319 e. The minimum Gasteiger partial charge on any atom is -0.334 e. The van der Waals surface area contributed by atoms with Crippen LogP contribution in [0.5, 0.6) is 0 Å². The molecule has 2 heterocycles. The molecule has 1 aromatic carbocycles. The quantitative estimate of drug-likeness (QED) is 0.650. The zero-order chi connectivity index (χ0) is 22.3. The van der Waals surface area contributed by atoms with Crippen LogP contribution in [0.3, 0.4) is 0 Å². The van der Waals surface area contributed by atoms with Crippen molar-refractivity contribution in [3.8, 4) is 0 Å². The lowest BCUT2D eigenvalue weighted by Crippen LogP contribution is -2.49.